The Labute approximate surface area is 77.1 Å². The van der Waals surface area contributed by atoms with Crippen molar-refractivity contribution in [1.29, 1.82) is 0 Å². The van der Waals surface area contributed by atoms with Crippen molar-refractivity contribution in [3.63, 3.8) is 0 Å². The standard InChI is InChI=1S/C11H23N/c1-5-10(4)12-8-6-7-11(12)9(2)3/h9-11H,5-8H2,1-4H3/t10?,11-/m0/s1. The molecule has 0 radical (unpaired) electrons. The molecule has 1 heterocycles. The molecular weight excluding hydrogens is 146 g/mol. The van der Waals surface area contributed by atoms with Crippen molar-refractivity contribution in [2.75, 3.05) is 6.54 Å². The minimum atomic E-state index is 0.792. The third-order valence-electron chi connectivity index (χ3n) is 3.27. The Morgan fingerprint density at radius 1 is 1.33 bits per heavy atom. The monoisotopic (exact) mass is 169 g/mol. The van der Waals surface area contributed by atoms with Gasteiger partial charge in [0.15, 0.2) is 0 Å². The van der Waals surface area contributed by atoms with Gasteiger partial charge < -0.3 is 0 Å². The van der Waals surface area contributed by atoms with Gasteiger partial charge in [-0.25, -0.2) is 0 Å². The molecule has 1 unspecified atom stereocenters. The van der Waals surface area contributed by atoms with Gasteiger partial charge in [-0.3, -0.25) is 4.90 Å². The van der Waals surface area contributed by atoms with E-state index < -0.39 is 0 Å². The highest BCUT2D eigenvalue weighted by Gasteiger charge is 2.29. The van der Waals surface area contributed by atoms with E-state index in [0.29, 0.717) is 0 Å². The average Bonchev–Trinajstić information content (AvgIpc) is 2.50. The SMILES string of the molecule is CCC(C)N1CCC[C@H]1C(C)C. The fraction of sp³-hybridized carbons (Fsp3) is 1.00. The summed E-state index contributed by atoms with van der Waals surface area (Å²) >= 11 is 0. The number of hydrogen-bond donors (Lipinski definition) is 0. The second-order valence-electron chi connectivity index (χ2n) is 4.45. The lowest BCUT2D eigenvalue weighted by Crippen LogP contribution is -2.39. The van der Waals surface area contributed by atoms with Crippen LogP contribution in [0.5, 0.6) is 0 Å². The number of hydrogen-bond acceptors (Lipinski definition) is 1. The number of likely N-dealkylation sites (tertiary alicyclic amines) is 1. The van der Waals surface area contributed by atoms with Crippen LogP contribution in [0.25, 0.3) is 0 Å². The summed E-state index contributed by atoms with van der Waals surface area (Å²) in [4.78, 5) is 2.70. The minimum Gasteiger partial charge on any atom is -0.297 e. The Morgan fingerprint density at radius 2 is 2.00 bits per heavy atom. The maximum absolute atomic E-state index is 2.70. The van der Waals surface area contributed by atoms with Gasteiger partial charge in [0.25, 0.3) is 0 Å². The van der Waals surface area contributed by atoms with Crippen LogP contribution < -0.4 is 0 Å². The van der Waals surface area contributed by atoms with Crippen molar-refractivity contribution in [3.05, 3.63) is 0 Å². The second kappa shape index (κ2) is 4.27. The first-order chi connectivity index (χ1) is 5.66. The lowest BCUT2D eigenvalue weighted by Gasteiger charge is -2.32. The minimum absolute atomic E-state index is 0.792. The van der Waals surface area contributed by atoms with Gasteiger partial charge in [-0.05, 0) is 38.6 Å². The van der Waals surface area contributed by atoms with Crippen LogP contribution in [0, 0.1) is 5.92 Å². The van der Waals surface area contributed by atoms with Gasteiger partial charge in [0, 0.05) is 12.1 Å². The molecule has 0 saturated carbocycles. The summed E-state index contributed by atoms with van der Waals surface area (Å²) < 4.78 is 0. The van der Waals surface area contributed by atoms with Crippen molar-refractivity contribution in [1.82, 2.24) is 4.90 Å². The molecular formula is C11H23N. The van der Waals surface area contributed by atoms with Crippen LogP contribution in [0.1, 0.15) is 47.0 Å². The summed E-state index contributed by atoms with van der Waals surface area (Å²) in [6.07, 6.45) is 4.12. The Balaban J connectivity index is 2.51. The molecule has 1 heteroatoms. The van der Waals surface area contributed by atoms with E-state index in [0.717, 1.165) is 18.0 Å². The highest BCUT2D eigenvalue weighted by atomic mass is 15.2. The Morgan fingerprint density at radius 3 is 2.50 bits per heavy atom. The van der Waals surface area contributed by atoms with Crippen molar-refractivity contribution in [2.24, 2.45) is 5.92 Å². The van der Waals surface area contributed by atoms with Gasteiger partial charge in [0.2, 0.25) is 0 Å². The van der Waals surface area contributed by atoms with Crippen molar-refractivity contribution < 1.29 is 0 Å². The third kappa shape index (κ3) is 2.01. The van der Waals surface area contributed by atoms with Crippen LogP contribution in [0.2, 0.25) is 0 Å². The van der Waals surface area contributed by atoms with E-state index in [1.54, 1.807) is 0 Å². The fourth-order valence-electron chi connectivity index (χ4n) is 2.31. The molecule has 0 bridgehead atoms. The zero-order valence-corrected chi connectivity index (χ0v) is 9.01. The molecule has 1 rings (SSSR count). The summed E-state index contributed by atoms with van der Waals surface area (Å²) in [5.74, 6) is 0.835. The maximum Gasteiger partial charge on any atom is 0.0121 e. The van der Waals surface area contributed by atoms with Crippen molar-refractivity contribution in [2.45, 2.75) is 59.0 Å². The molecule has 0 spiro atoms. The zero-order valence-electron chi connectivity index (χ0n) is 9.01. The lowest BCUT2D eigenvalue weighted by atomic mass is 10.0. The first-order valence-corrected chi connectivity index (χ1v) is 5.42. The molecule has 1 saturated heterocycles. The van der Waals surface area contributed by atoms with Gasteiger partial charge in [0.1, 0.15) is 0 Å². The van der Waals surface area contributed by atoms with E-state index in [2.05, 4.69) is 32.6 Å². The quantitative estimate of drug-likeness (QED) is 0.628. The highest BCUT2D eigenvalue weighted by Crippen LogP contribution is 2.26. The normalized spacial score (nSPS) is 28.2. The van der Waals surface area contributed by atoms with E-state index in [1.165, 1.54) is 25.8 Å². The predicted molar refractivity (Wildman–Crippen MR) is 54.3 cm³/mol. The summed E-state index contributed by atoms with van der Waals surface area (Å²) in [7, 11) is 0. The van der Waals surface area contributed by atoms with Crippen molar-refractivity contribution in [3.8, 4) is 0 Å². The molecule has 1 fully saturated rings. The first-order valence-electron chi connectivity index (χ1n) is 5.42. The molecule has 1 aliphatic rings. The summed E-state index contributed by atoms with van der Waals surface area (Å²) in [5.41, 5.74) is 0. The molecule has 0 N–H and O–H groups in total. The lowest BCUT2D eigenvalue weighted by molar-refractivity contribution is 0.152. The molecule has 12 heavy (non-hydrogen) atoms. The summed E-state index contributed by atoms with van der Waals surface area (Å²) in [5, 5.41) is 0. The maximum atomic E-state index is 2.70. The Hall–Kier alpha value is -0.0400. The van der Waals surface area contributed by atoms with E-state index in [9.17, 15) is 0 Å². The molecule has 1 nitrogen and oxygen atoms in total. The predicted octanol–water partition coefficient (Wildman–Crippen LogP) is 2.91. The molecule has 0 aromatic rings. The summed E-state index contributed by atoms with van der Waals surface area (Å²) in [6, 6.07) is 1.65. The first kappa shape index (κ1) is 10.0. The van der Waals surface area contributed by atoms with Crippen LogP contribution >= 0.6 is 0 Å². The highest BCUT2D eigenvalue weighted by molar-refractivity contribution is 4.84. The van der Waals surface area contributed by atoms with Crippen LogP contribution in [0.15, 0.2) is 0 Å². The molecule has 0 aromatic heterocycles. The topological polar surface area (TPSA) is 3.24 Å². The van der Waals surface area contributed by atoms with Gasteiger partial charge in [-0.1, -0.05) is 20.8 Å². The largest absolute Gasteiger partial charge is 0.297 e. The van der Waals surface area contributed by atoms with E-state index in [1.807, 2.05) is 0 Å². The van der Waals surface area contributed by atoms with Crippen molar-refractivity contribution >= 4 is 0 Å². The van der Waals surface area contributed by atoms with E-state index >= 15 is 0 Å². The number of nitrogens with zero attached hydrogens (tertiary/aromatic N) is 1. The molecule has 1 aliphatic heterocycles. The molecule has 2 atom stereocenters. The molecule has 72 valence electrons. The average molecular weight is 169 g/mol. The Bertz CT molecular complexity index is 131. The summed E-state index contributed by atoms with van der Waals surface area (Å²) in [6.45, 7) is 10.7. The van der Waals surface area contributed by atoms with Crippen LogP contribution in [-0.2, 0) is 0 Å². The zero-order chi connectivity index (χ0) is 9.14. The van der Waals surface area contributed by atoms with Crippen LogP contribution in [0.4, 0.5) is 0 Å². The Kier molecular flexibility index (Phi) is 3.57. The van der Waals surface area contributed by atoms with E-state index in [-0.39, 0.29) is 0 Å². The van der Waals surface area contributed by atoms with E-state index in [4.69, 9.17) is 0 Å². The van der Waals surface area contributed by atoms with Gasteiger partial charge in [0.05, 0.1) is 0 Å². The second-order valence-corrected chi connectivity index (χ2v) is 4.45. The van der Waals surface area contributed by atoms with Gasteiger partial charge in [-0.15, -0.1) is 0 Å². The van der Waals surface area contributed by atoms with Gasteiger partial charge in [-0.2, -0.15) is 0 Å². The molecule has 0 amide bonds. The molecule has 0 aliphatic carbocycles. The fourth-order valence-corrected chi connectivity index (χ4v) is 2.31. The smallest absolute Gasteiger partial charge is 0.0121 e. The van der Waals surface area contributed by atoms with Crippen LogP contribution in [-0.4, -0.2) is 23.5 Å². The number of rotatable bonds is 3. The molecule has 0 aromatic carbocycles. The third-order valence-corrected chi connectivity index (χ3v) is 3.27. The van der Waals surface area contributed by atoms with Crippen LogP contribution in [0.3, 0.4) is 0 Å². The van der Waals surface area contributed by atoms with Gasteiger partial charge >= 0.3 is 0 Å².